The first kappa shape index (κ1) is 11.6. The Bertz CT molecular complexity index is 473. The third kappa shape index (κ3) is 1.88. The maximum Gasteiger partial charge on any atom is 0.253 e. The molecule has 0 spiro atoms. The van der Waals surface area contributed by atoms with Gasteiger partial charge in [0.1, 0.15) is 0 Å². The maximum absolute atomic E-state index is 12.4. The first-order chi connectivity index (χ1) is 8.65. The number of likely N-dealkylation sites (tertiary alicyclic amines) is 1. The molecule has 0 bridgehead atoms. The molecule has 1 aromatic rings. The number of rotatable bonds is 1. The minimum Gasteiger partial charge on any atom is -0.384 e. The molecule has 1 saturated heterocycles. The number of benzene rings is 1. The molecule has 18 heavy (non-hydrogen) atoms. The summed E-state index contributed by atoms with van der Waals surface area (Å²) in [6.45, 7) is 7.23. The number of amides is 1. The van der Waals surface area contributed by atoms with Gasteiger partial charge in [-0.2, -0.15) is 0 Å². The summed E-state index contributed by atoms with van der Waals surface area (Å²) >= 11 is 0. The van der Waals surface area contributed by atoms with Gasteiger partial charge in [-0.15, -0.1) is 0 Å². The summed E-state index contributed by atoms with van der Waals surface area (Å²) in [5.41, 5.74) is 3.29. The minimum absolute atomic E-state index is 0.183. The van der Waals surface area contributed by atoms with E-state index in [4.69, 9.17) is 0 Å². The van der Waals surface area contributed by atoms with E-state index < -0.39 is 0 Å². The van der Waals surface area contributed by atoms with Crippen LogP contribution in [0, 0.1) is 11.8 Å². The summed E-state index contributed by atoms with van der Waals surface area (Å²) in [5.74, 6) is 1.41. The van der Waals surface area contributed by atoms with E-state index in [2.05, 4.69) is 25.2 Å². The molecule has 2 heterocycles. The van der Waals surface area contributed by atoms with E-state index in [9.17, 15) is 4.79 Å². The van der Waals surface area contributed by atoms with Crippen molar-refractivity contribution < 1.29 is 4.79 Å². The van der Waals surface area contributed by atoms with Crippen molar-refractivity contribution in [1.29, 1.82) is 0 Å². The number of anilines is 1. The van der Waals surface area contributed by atoms with E-state index in [0.29, 0.717) is 11.8 Å². The molecule has 1 fully saturated rings. The second kappa shape index (κ2) is 4.30. The van der Waals surface area contributed by atoms with Crippen molar-refractivity contribution in [1.82, 2.24) is 4.90 Å². The Balaban J connectivity index is 1.81. The SMILES string of the molecule is CC1CN(C(=O)c2ccc3c(c2)NCC3)CC1C. The third-order valence-electron chi connectivity index (χ3n) is 4.34. The third-order valence-corrected chi connectivity index (χ3v) is 4.34. The van der Waals surface area contributed by atoms with E-state index in [1.165, 1.54) is 5.56 Å². The highest BCUT2D eigenvalue weighted by Crippen LogP contribution is 2.27. The Morgan fingerprint density at radius 1 is 1.28 bits per heavy atom. The quantitative estimate of drug-likeness (QED) is 0.822. The summed E-state index contributed by atoms with van der Waals surface area (Å²) in [7, 11) is 0. The number of hydrogen-bond acceptors (Lipinski definition) is 2. The van der Waals surface area contributed by atoms with Gasteiger partial charge >= 0.3 is 0 Å². The lowest BCUT2D eigenvalue weighted by Gasteiger charge is -2.16. The fourth-order valence-corrected chi connectivity index (χ4v) is 2.90. The lowest BCUT2D eigenvalue weighted by molar-refractivity contribution is 0.0785. The second-order valence-corrected chi connectivity index (χ2v) is 5.71. The zero-order valence-corrected chi connectivity index (χ0v) is 11.1. The Hall–Kier alpha value is -1.51. The van der Waals surface area contributed by atoms with Crippen LogP contribution in [-0.2, 0) is 6.42 Å². The van der Waals surface area contributed by atoms with Gasteiger partial charge in [0.15, 0.2) is 0 Å². The first-order valence-electron chi connectivity index (χ1n) is 6.81. The van der Waals surface area contributed by atoms with Gasteiger partial charge in [0.05, 0.1) is 0 Å². The normalized spacial score (nSPS) is 26.0. The molecule has 2 unspecified atom stereocenters. The van der Waals surface area contributed by atoms with Gasteiger partial charge in [0.25, 0.3) is 5.91 Å². The van der Waals surface area contributed by atoms with Crippen LogP contribution in [0.4, 0.5) is 5.69 Å². The second-order valence-electron chi connectivity index (χ2n) is 5.71. The lowest BCUT2D eigenvalue weighted by atomic mass is 10.0. The Kier molecular flexibility index (Phi) is 2.77. The van der Waals surface area contributed by atoms with Gasteiger partial charge in [-0.3, -0.25) is 4.79 Å². The van der Waals surface area contributed by atoms with E-state index in [1.807, 2.05) is 17.0 Å². The zero-order valence-electron chi connectivity index (χ0n) is 11.1. The molecule has 1 amide bonds. The minimum atomic E-state index is 0.183. The van der Waals surface area contributed by atoms with Crippen LogP contribution in [0.25, 0.3) is 0 Å². The van der Waals surface area contributed by atoms with Crippen LogP contribution in [0.2, 0.25) is 0 Å². The lowest BCUT2D eigenvalue weighted by Crippen LogP contribution is -2.28. The van der Waals surface area contributed by atoms with E-state index in [-0.39, 0.29) is 5.91 Å². The summed E-state index contributed by atoms with van der Waals surface area (Å²) in [6, 6.07) is 6.08. The van der Waals surface area contributed by atoms with Crippen molar-refractivity contribution in [2.45, 2.75) is 20.3 Å². The summed E-state index contributed by atoms with van der Waals surface area (Å²) in [5, 5.41) is 3.33. The molecule has 2 aliphatic rings. The smallest absolute Gasteiger partial charge is 0.253 e. The zero-order chi connectivity index (χ0) is 12.7. The van der Waals surface area contributed by atoms with Crippen LogP contribution in [0.3, 0.4) is 0 Å². The van der Waals surface area contributed by atoms with Crippen LogP contribution in [0.5, 0.6) is 0 Å². The number of carbonyl (C=O) groups is 1. The van der Waals surface area contributed by atoms with Gasteiger partial charge < -0.3 is 10.2 Å². The van der Waals surface area contributed by atoms with Crippen molar-refractivity contribution in [3.63, 3.8) is 0 Å². The van der Waals surface area contributed by atoms with Gasteiger partial charge in [0.2, 0.25) is 0 Å². The van der Waals surface area contributed by atoms with Crippen LogP contribution < -0.4 is 5.32 Å². The molecule has 0 radical (unpaired) electrons. The molecule has 2 aliphatic heterocycles. The number of hydrogen-bond donors (Lipinski definition) is 1. The molecular weight excluding hydrogens is 224 g/mol. The molecule has 3 rings (SSSR count). The van der Waals surface area contributed by atoms with E-state index >= 15 is 0 Å². The maximum atomic E-state index is 12.4. The summed E-state index contributed by atoms with van der Waals surface area (Å²) < 4.78 is 0. The highest BCUT2D eigenvalue weighted by atomic mass is 16.2. The molecular formula is C15H20N2O. The number of carbonyl (C=O) groups excluding carboxylic acids is 1. The van der Waals surface area contributed by atoms with Crippen molar-refractivity contribution in [2.75, 3.05) is 25.0 Å². The molecule has 0 aliphatic carbocycles. The van der Waals surface area contributed by atoms with Crippen LogP contribution in [0.1, 0.15) is 29.8 Å². The summed E-state index contributed by atoms with van der Waals surface area (Å²) in [4.78, 5) is 14.4. The highest BCUT2D eigenvalue weighted by Gasteiger charge is 2.30. The van der Waals surface area contributed by atoms with Crippen LogP contribution >= 0.6 is 0 Å². The van der Waals surface area contributed by atoms with Gasteiger partial charge in [-0.25, -0.2) is 0 Å². The Morgan fingerprint density at radius 3 is 2.72 bits per heavy atom. The molecule has 1 aromatic carbocycles. The van der Waals surface area contributed by atoms with Gasteiger partial charge in [0, 0.05) is 30.9 Å². The van der Waals surface area contributed by atoms with Crippen LogP contribution in [0.15, 0.2) is 18.2 Å². The predicted octanol–water partition coefficient (Wildman–Crippen LogP) is 2.38. The average molecular weight is 244 g/mol. The van der Waals surface area contributed by atoms with Crippen molar-refractivity contribution in [3.05, 3.63) is 29.3 Å². The molecule has 0 aromatic heterocycles. The Morgan fingerprint density at radius 2 is 2.00 bits per heavy atom. The predicted molar refractivity (Wildman–Crippen MR) is 72.9 cm³/mol. The van der Waals surface area contributed by atoms with Gasteiger partial charge in [-0.1, -0.05) is 19.9 Å². The number of nitrogens with one attached hydrogen (secondary N) is 1. The van der Waals surface area contributed by atoms with Crippen LogP contribution in [-0.4, -0.2) is 30.4 Å². The molecule has 1 N–H and O–H groups in total. The summed E-state index contributed by atoms with van der Waals surface area (Å²) in [6.07, 6.45) is 1.07. The molecule has 3 heteroatoms. The standard InChI is InChI=1S/C15H20N2O/c1-10-8-17(9-11(10)2)15(18)13-4-3-12-5-6-16-14(12)7-13/h3-4,7,10-11,16H,5-6,8-9H2,1-2H3. The van der Waals surface area contributed by atoms with Gasteiger partial charge in [-0.05, 0) is 36.0 Å². The van der Waals surface area contributed by atoms with E-state index in [0.717, 1.165) is 37.3 Å². The van der Waals surface area contributed by atoms with Crippen molar-refractivity contribution >= 4 is 11.6 Å². The highest BCUT2D eigenvalue weighted by molar-refractivity contribution is 5.95. The Labute approximate surface area is 108 Å². The average Bonchev–Trinajstić information content (AvgIpc) is 2.95. The number of nitrogens with zero attached hydrogens (tertiary/aromatic N) is 1. The first-order valence-corrected chi connectivity index (χ1v) is 6.81. The van der Waals surface area contributed by atoms with Crippen molar-refractivity contribution in [2.24, 2.45) is 11.8 Å². The molecule has 96 valence electrons. The van der Waals surface area contributed by atoms with E-state index in [1.54, 1.807) is 0 Å². The van der Waals surface area contributed by atoms with Crippen molar-refractivity contribution in [3.8, 4) is 0 Å². The topological polar surface area (TPSA) is 32.3 Å². The molecule has 2 atom stereocenters. The fraction of sp³-hybridized carbons (Fsp3) is 0.533. The fourth-order valence-electron chi connectivity index (χ4n) is 2.90. The molecule has 0 saturated carbocycles. The number of fused-ring (bicyclic) bond motifs is 1. The largest absolute Gasteiger partial charge is 0.384 e. The monoisotopic (exact) mass is 244 g/mol. The molecule has 3 nitrogen and oxygen atoms in total.